The van der Waals surface area contributed by atoms with Gasteiger partial charge in [-0.3, -0.25) is 0 Å². The summed E-state index contributed by atoms with van der Waals surface area (Å²) < 4.78 is 0.911. The molecular weight excluding hydrogens is 352 g/mol. The molecule has 6 heteroatoms. The molecule has 1 heterocycles. The number of thiazole rings is 1. The quantitative estimate of drug-likeness (QED) is 0.814. The zero-order valence-electron chi connectivity index (χ0n) is 11.7. The molecule has 4 nitrogen and oxygen atoms in total. The first-order chi connectivity index (χ1) is 9.95. The number of anilines is 1. The number of nitrogens with zero attached hydrogens (tertiary/aromatic N) is 2. The van der Waals surface area contributed by atoms with Crippen LogP contribution < -0.4 is 4.90 Å². The maximum Gasteiger partial charge on any atom is 0.328 e. The maximum absolute atomic E-state index is 10.7. The molecule has 0 bridgehead atoms. The lowest BCUT2D eigenvalue weighted by molar-refractivity contribution is -0.131. The number of carbonyl (C=O) groups is 1. The molecule has 0 atom stereocenters. The van der Waals surface area contributed by atoms with Crippen molar-refractivity contribution >= 4 is 45.0 Å². The molecule has 0 aliphatic carbocycles. The third-order valence-corrected chi connectivity index (χ3v) is 4.19. The van der Waals surface area contributed by atoms with Gasteiger partial charge in [0.05, 0.1) is 17.2 Å². The van der Waals surface area contributed by atoms with Crippen molar-refractivity contribution in [3.63, 3.8) is 0 Å². The molecule has 1 N–H and O–H groups in total. The van der Waals surface area contributed by atoms with Gasteiger partial charge in [0.15, 0.2) is 0 Å². The smallest absolute Gasteiger partial charge is 0.328 e. The fourth-order valence-corrected chi connectivity index (χ4v) is 2.96. The summed E-state index contributed by atoms with van der Waals surface area (Å²) in [6.07, 6.45) is 2.75. The average molecular weight is 367 g/mol. The van der Waals surface area contributed by atoms with E-state index in [2.05, 4.69) is 25.8 Å². The van der Waals surface area contributed by atoms with Crippen LogP contribution in [-0.2, 0) is 11.3 Å². The van der Waals surface area contributed by atoms with Gasteiger partial charge >= 0.3 is 5.97 Å². The van der Waals surface area contributed by atoms with Gasteiger partial charge in [-0.1, -0.05) is 15.9 Å². The number of benzene rings is 1. The maximum atomic E-state index is 10.7. The summed E-state index contributed by atoms with van der Waals surface area (Å²) in [5.41, 5.74) is 2.82. The van der Waals surface area contributed by atoms with Crippen molar-refractivity contribution in [2.75, 3.05) is 11.9 Å². The Hall–Kier alpha value is -1.66. The zero-order valence-corrected chi connectivity index (χ0v) is 14.1. The number of rotatable bonds is 5. The van der Waals surface area contributed by atoms with E-state index in [1.807, 2.05) is 37.6 Å². The number of aromatic nitrogens is 1. The van der Waals surface area contributed by atoms with E-state index in [1.54, 1.807) is 17.4 Å². The molecule has 0 fully saturated rings. The van der Waals surface area contributed by atoms with Crippen LogP contribution in [0.2, 0.25) is 0 Å². The van der Waals surface area contributed by atoms with E-state index in [-0.39, 0.29) is 0 Å². The number of halogens is 1. The largest absolute Gasteiger partial charge is 0.478 e. The second-order valence-electron chi connectivity index (χ2n) is 4.59. The van der Waals surface area contributed by atoms with Crippen LogP contribution in [0, 0.1) is 6.92 Å². The molecule has 0 aliphatic rings. The zero-order chi connectivity index (χ0) is 15.4. The van der Waals surface area contributed by atoms with Gasteiger partial charge in [-0.15, -0.1) is 11.3 Å². The van der Waals surface area contributed by atoms with Crippen LogP contribution in [-0.4, -0.2) is 23.1 Å². The molecule has 0 radical (unpaired) electrons. The molecule has 2 aromatic rings. The van der Waals surface area contributed by atoms with Crippen molar-refractivity contribution in [1.82, 2.24) is 4.98 Å². The van der Waals surface area contributed by atoms with E-state index >= 15 is 0 Å². The average Bonchev–Trinajstić information content (AvgIpc) is 2.81. The van der Waals surface area contributed by atoms with Crippen molar-refractivity contribution in [3.05, 3.63) is 50.4 Å². The molecule has 0 amide bonds. The van der Waals surface area contributed by atoms with Crippen molar-refractivity contribution in [3.8, 4) is 0 Å². The molecule has 2 rings (SSSR count). The van der Waals surface area contributed by atoms with Crippen LogP contribution in [0.3, 0.4) is 0 Å². The minimum atomic E-state index is -0.960. The Kier molecular flexibility index (Phi) is 5.14. The van der Waals surface area contributed by atoms with Crippen molar-refractivity contribution in [2.45, 2.75) is 13.5 Å². The number of aliphatic carboxylic acids is 1. The van der Waals surface area contributed by atoms with Crippen molar-refractivity contribution < 1.29 is 9.90 Å². The van der Waals surface area contributed by atoms with E-state index in [1.165, 1.54) is 0 Å². The fraction of sp³-hybridized carbons (Fsp3) is 0.200. The van der Waals surface area contributed by atoms with Crippen LogP contribution in [0.1, 0.15) is 16.3 Å². The van der Waals surface area contributed by atoms with Crippen LogP contribution in [0.5, 0.6) is 0 Å². The highest BCUT2D eigenvalue weighted by Crippen LogP contribution is 2.26. The van der Waals surface area contributed by atoms with Crippen molar-refractivity contribution in [2.24, 2.45) is 0 Å². The molecule has 1 aromatic heterocycles. The van der Waals surface area contributed by atoms with Gasteiger partial charge in [0.25, 0.3) is 0 Å². The Morgan fingerprint density at radius 2 is 2.29 bits per heavy atom. The molecule has 0 saturated heterocycles. The Morgan fingerprint density at radius 1 is 1.52 bits per heavy atom. The summed E-state index contributed by atoms with van der Waals surface area (Å²) in [6, 6.07) is 5.80. The minimum Gasteiger partial charge on any atom is -0.478 e. The fourth-order valence-electron chi connectivity index (χ4n) is 1.98. The van der Waals surface area contributed by atoms with E-state index in [0.29, 0.717) is 6.54 Å². The Morgan fingerprint density at radius 3 is 2.90 bits per heavy atom. The third kappa shape index (κ3) is 4.41. The number of carboxylic acid groups (broad SMARTS) is 1. The van der Waals surface area contributed by atoms with Crippen LogP contribution in [0.4, 0.5) is 5.69 Å². The van der Waals surface area contributed by atoms with E-state index in [4.69, 9.17) is 5.11 Å². The summed E-state index contributed by atoms with van der Waals surface area (Å²) in [7, 11) is 1.97. The summed E-state index contributed by atoms with van der Waals surface area (Å²) in [6.45, 7) is 2.66. The van der Waals surface area contributed by atoms with E-state index in [0.717, 1.165) is 32.5 Å². The highest BCUT2D eigenvalue weighted by molar-refractivity contribution is 9.10. The minimum absolute atomic E-state index is 0.680. The first kappa shape index (κ1) is 15.7. The Bertz CT molecular complexity index is 682. The predicted molar refractivity (Wildman–Crippen MR) is 89.8 cm³/mol. The molecular formula is C15H15BrN2O2S. The molecule has 0 aliphatic heterocycles. The van der Waals surface area contributed by atoms with Crippen LogP contribution in [0.15, 0.2) is 34.1 Å². The van der Waals surface area contributed by atoms with Gasteiger partial charge in [0, 0.05) is 28.7 Å². The number of carboxylic acids is 1. The normalized spacial score (nSPS) is 11.0. The van der Waals surface area contributed by atoms with Gasteiger partial charge in [-0.25, -0.2) is 9.78 Å². The number of aryl methyl sites for hydroxylation is 1. The predicted octanol–water partition coefficient (Wildman–Crippen LogP) is 3.95. The summed E-state index contributed by atoms with van der Waals surface area (Å²) in [4.78, 5) is 17.2. The highest BCUT2D eigenvalue weighted by Gasteiger charge is 2.09. The molecule has 1 aromatic carbocycles. The monoisotopic (exact) mass is 366 g/mol. The van der Waals surface area contributed by atoms with Gasteiger partial charge in [0.1, 0.15) is 0 Å². The van der Waals surface area contributed by atoms with Crippen molar-refractivity contribution in [1.29, 1.82) is 0 Å². The lowest BCUT2D eigenvalue weighted by atomic mass is 10.1. The second-order valence-corrected chi connectivity index (χ2v) is 6.57. The van der Waals surface area contributed by atoms with Gasteiger partial charge in [-0.2, -0.15) is 0 Å². The van der Waals surface area contributed by atoms with E-state index in [9.17, 15) is 4.79 Å². The summed E-state index contributed by atoms with van der Waals surface area (Å²) in [5, 5.41) is 11.9. The lowest BCUT2D eigenvalue weighted by Crippen LogP contribution is -2.17. The Balaban J connectivity index is 2.27. The number of hydrogen-bond donors (Lipinski definition) is 1. The topological polar surface area (TPSA) is 53.4 Å². The summed E-state index contributed by atoms with van der Waals surface area (Å²) >= 11 is 5.04. The van der Waals surface area contributed by atoms with Crippen LogP contribution >= 0.6 is 27.3 Å². The molecule has 21 heavy (non-hydrogen) atoms. The first-order valence-corrected chi connectivity index (χ1v) is 7.95. The summed E-state index contributed by atoms with van der Waals surface area (Å²) in [5.74, 6) is -0.960. The SMILES string of the molecule is Cc1nc(CN(C)c2ccc(Br)cc2/C=C/C(=O)O)cs1. The van der Waals surface area contributed by atoms with E-state index < -0.39 is 5.97 Å². The molecule has 0 unspecified atom stereocenters. The molecule has 0 spiro atoms. The standard InChI is InChI=1S/C15H15BrN2O2S/c1-10-17-13(9-21-10)8-18(2)14-5-4-12(16)7-11(14)3-6-15(19)20/h3-7,9H,8H2,1-2H3,(H,19,20)/b6-3+. The molecule has 110 valence electrons. The lowest BCUT2D eigenvalue weighted by Gasteiger charge is -2.20. The van der Waals surface area contributed by atoms with Crippen LogP contribution in [0.25, 0.3) is 6.08 Å². The second kappa shape index (κ2) is 6.87. The number of hydrogen-bond acceptors (Lipinski definition) is 4. The first-order valence-electron chi connectivity index (χ1n) is 6.28. The molecule has 0 saturated carbocycles. The van der Waals surface area contributed by atoms with Gasteiger partial charge in [0.2, 0.25) is 0 Å². The Labute approximate surface area is 135 Å². The third-order valence-electron chi connectivity index (χ3n) is 2.87. The highest BCUT2D eigenvalue weighted by atomic mass is 79.9. The van der Waals surface area contributed by atoms with Gasteiger partial charge < -0.3 is 10.0 Å². The van der Waals surface area contributed by atoms with Gasteiger partial charge in [-0.05, 0) is 36.8 Å².